The van der Waals surface area contributed by atoms with Gasteiger partial charge in [-0.2, -0.15) is 0 Å². The quantitative estimate of drug-likeness (QED) is 0.865. The van der Waals surface area contributed by atoms with Crippen LogP contribution in [0.5, 0.6) is 0 Å². The smallest absolute Gasteiger partial charge is 0.243 e. The highest BCUT2D eigenvalue weighted by molar-refractivity contribution is 6.31. The van der Waals surface area contributed by atoms with Crippen LogP contribution in [0.15, 0.2) is 42.5 Å². The van der Waals surface area contributed by atoms with Crippen molar-refractivity contribution in [3.63, 3.8) is 0 Å². The molecule has 120 valence electrons. The Morgan fingerprint density at radius 2 is 1.61 bits per heavy atom. The van der Waals surface area contributed by atoms with Crippen molar-refractivity contribution in [1.29, 1.82) is 0 Å². The second-order valence-corrected chi connectivity index (χ2v) is 5.96. The third-order valence-electron chi connectivity index (χ3n) is 3.20. The van der Waals surface area contributed by atoms with Crippen molar-refractivity contribution in [2.75, 3.05) is 11.9 Å². The van der Waals surface area contributed by atoms with Crippen LogP contribution in [0.25, 0.3) is 0 Å². The van der Waals surface area contributed by atoms with E-state index in [9.17, 15) is 9.59 Å². The van der Waals surface area contributed by atoms with Crippen LogP contribution < -0.4 is 10.6 Å². The average molecular weight is 351 g/mol. The van der Waals surface area contributed by atoms with E-state index in [-0.39, 0.29) is 24.8 Å². The van der Waals surface area contributed by atoms with Gasteiger partial charge in [-0.1, -0.05) is 41.4 Å². The molecule has 23 heavy (non-hydrogen) atoms. The van der Waals surface area contributed by atoms with Gasteiger partial charge in [-0.15, -0.1) is 0 Å². The Hall–Kier alpha value is -2.04. The molecule has 2 N–H and O–H groups in total. The van der Waals surface area contributed by atoms with E-state index in [1.54, 1.807) is 36.4 Å². The van der Waals surface area contributed by atoms with Gasteiger partial charge in [-0.25, -0.2) is 0 Å². The molecule has 6 heteroatoms. The van der Waals surface area contributed by atoms with E-state index in [2.05, 4.69) is 10.6 Å². The van der Waals surface area contributed by atoms with Gasteiger partial charge in [0.05, 0.1) is 13.0 Å². The molecule has 0 heterocycles. The maximum atomic E-state index is 11.9. The fourth-order valence-corrected chi connectivity index (χ4v) is 2.25. The Morgan fingerprint density at radius 3 is 2.30 bits per heavy atom. The number of rotatable bonds is 5. The fraction of sp³-hybridized carbons (Fsp3) is 0.176. The van der Waals surface area contributed by atoms with Crippen molar-refractivity contribution >= 4 is 40.7 Å². The summed E-state index contributed by atoms with van der Waals surface area (Å²) in [5, 5.41) is 6.46. The minimum atomic E-state index is -0.306. The van der Waals surface area contributed by atoms with Crippen LogP contribution in [0.1, 0.15) is 11.1 Å². The normalized spacial score (nSPS) is 10.2. The zero-order chi connectivity index (χ0) is 16.8. The molecule has 0 saturated carbocycles. The summed E-state index contributed by atoms with van der Waals surface area (Å²) in [5.41, 5.74) is 2.36. The summed E-state index contributed by atoms with van der Waals surface area (Å²) in [6.07, 6.45) is 0.195. The molecule has 0 bridgehead atoms. The molecule has 0 unspecified atom stereocenters. The molecule has 0 atom stereocenters. The van der Waals surface area contributed by atoms with Crippen LogP contribution in [0.2, 0.25) is 10.0 Å². The van der Waals surface area contributed by atoms with Gasteiger partial charge in [0.25, 0.3) is 0 Å². The van der Waals surface area contributed by atoms with Gasteiger partial charge in [0, 0.05) is 15.7 Å². The Morgan fingerprint density at radius 1 is 0.957 bits per heavy atom. The Bertz CT molecular complexity index is 715. The first-order valence-electron chi connectivity index (χ1n) is 7.01. The minimum Gasteiger partial charge on any atom is -0.347 e. The van der Waals surface area contributed by atoms with Crippen LogP contribution in [0.3, 0.4) is 0 Å². The van der Waals surface area contributed by atoms with E-state index >= 15 is 0 Å². The number of nitrogens with one attached hydrogen (secondary N) is 2. The van der Waals surface area contributed by atoms with E-state index in [1.165, 1.54) is 0 Å². The number of aryl methyl sites for hydroxylation is 1. The second kappa shape index (κ2) is 7.99. The Kier molecular flexibility index (Phi) is 6.02. The van der Waals surface area contributed by atoms with Crippen LogP contribution in [0, 0.1) is 6.92 Å². The molecule has 0 spiro atoms. The average Bonchev–Trinajstić information content (AvgIpc) is 2.51. The van der Waals surface area contributed by atoms with Crippen molar-refractivity contribution in [2.45, 2.75) is 13.3 Å². The number of hydrogen-bond donors (Lipinski definition) is 2. The number of amides is 2. The summed E-state index contributed by atoms with van der Waals surface area (Å²) in [6.45, 7) is 1.77. The van der Waals surface area contributed by atoms with E-state index in [1.807, 2.05) is 13.0 Å². The zero-order valence-electron chi connectivity index (χ0n) is 12.5. The van der Waals surface area contributed by atoms with Gasteiger partial charge in [0.15, 0.2) is 0 Å². The van der Waals surface area contributed by atoms with Gasteiger partial charge in [-0.3, -0.25) is 9.59 Å². The molecule has 0 fully saturated rings. The molecule has 2 aromatic carbocycles. The summed E-state index contributed by atoms with van der Waals surface area (Å²) in [5.74, 6) is -0.537. The van der Waals surface area contributed by atoms with Gasteiger partial charge in [0.1, 0.15) is 0 Å². The van der Waals surface area contributed by atoms with Crippen LogP contribution >= 0.6 is 23.2 Å². The molecule has 4 nitrogen and oxygen atoms in total. The van der Waals surface area contributed by atoms with Crippen LogP contribution in [-0.2, 0) is 16.0 Å². The SMILES string of the molecule is Cc1ccc(Cl)cc1NC(=O)CNC(=O)Cc1ccc(Cl)cc1. The monoisotopic (exact) mass is 350 g/mol. The molecule has 0 aromatic heterocycles. The van der Waals surface area contributed by atoms with E-state index in [0.29, 0.717) is 15.7 Å². The lowest BCUT2D eigenvalue weighted by Gasteiger charge is -2.10. The molecule has 2 aromatic rings. The molecular weight excluding hydrogens is 335 g/mol. The third-order valence-corrected chi connectivity index (χ3v) is 3.68. The van der Waals surface area contributed by atoms with Gasteiger partial charge in [0.2, 0.25) is 11.8 Å². The number of hydrogen-bond acceptors (Lipinski definition) is 2. The van der Waals surface area contributed by atoms with Crippen molar-refractivity contribution in [3.05, 3.63) is 63.6 Å². The van der Waals surface area contributed by atoms with Gasteiger partial charge >= 0.3 is 0 Å². The zero-order valence-corrected chi connectivity index (χ0v) is 14.0. The minimum absolute atomic E-state index is 0.0988. The van der Waals surface area contributed by atoms with E-state index in [0.717, 1.165) is 11.1 Å². The third kappa shape index (κ3) is 5.58. The maximum absolute atomic E-state index is 11.9. The predicted molar refractivity (Wildman–Crippen MR) is 93.0 cm³/mol. The first-order valence-corrected chi connectivity index (χ1v) is 7.77. The summed E-state index contributed by atoms with van der Waals surface area (Å²) in [7, 11) is 0. The molecule has 0 aliphatic heterocycles. The maximum Gasteiger partial charge on any atom is 0.243 e. The van der Waals surface area contributed by atoms with Crippen LogP contribution in [0.4, 0.5) is 5.69 Å². The number of carbonyl (C=O) groups is 2. The highest BCUT2D eigenvalue weighted by Crippen LogP contribution is 2.19. The standard InChI is InChI=1S/C17H16Cl2N2O2/c1-11-2-5-14(19)9-15(11)21-17(23)10-20-16(22)8-12-3-6-13(18)7-4-12/h2-7,9H,8,10H2,1H3,(H,20,22)(H,21,23). The molecule has 0 aliphatic rings. The van der Waals surface area contributed by atoms with Crippen molar-refractivity contribution < 1.29 is 9.59 Å². The number of carbonyl (C=O) groups excluding carboxylic acids is 2. The van der Waals surface area contributed by atoms with Crippen molar-refractivity contribution in [3.8, 4) is 0 Å². The summed E-state index contributed by atoms with van der Waals surface area (Å²) in [4.78, 5) is 23.7. The highest BCUT2D eigenvalue weighted by Gasteiger charge is 2.08. The van der Waals surface area contributed by atoms with Crippen molar-refractivity contribution in [2.24, 2.45) is 0 Å². The van der Waals surface area contributed by atoms with Crippen LogP contribution in [-0.4, -0.2) is 18.4 Å². The van der Waals surface area contributed by atoms with E-state index < -0.39 is 0 Å². The first kappa shape index (κ1) is 17.3. The molecule has 2 amide bonds. The Balaban J connectivity index is 1.83. The predicted octanol–water partition coefficient (Wildman–Crippen LogP) is 3.60. The van der Waals surface area contributed by atoms with E-state index in [4.69, 9.17) is 23.2 Å². The topological polar surface area (TPSA) is 58.2 Å². The molecule has 0 radical (unpaired) electrons. The number of anilines is 1. The fourth-order valence-electron chi connectivity index (χ4n) is 1.95. The highest BCUT2D eigenvalue weighted by atomic mass is 35.5. The lowest BCUT2D eigenvalue weighted by atomic mass is 10.1. The molecule has 2 rings (SSSR count). The van der Waals surface area contributed by atoms with Gasteiger partial charge < -0.3 is 10.6 Å². The van der Waals surface area contributed by atoms with Gasteiger partial charge in [-0.05, 0) is 42.3 Å². The molecule has 0 saturated heterocycles. The lowest BCUT2D eigenvalue weighted by molar-refractivity contribution is -0.123. The summed E-state index contributed by atoms with van der Waals surface area (Å²) in [6, 6.07) is 12.2. The largest absolute Gasteiger partial charge is 0.347 e. The summed E-state index contributed by atoms with van der Waals surface area (Å²) >= 11 is 11.7. The molecular formula is C17H16Cl2N2O2. The molecule has 0 aliphatic carbocycles. The Labute approximate surface area is 144 Å². The number of halogens is 2. The number of benzene rings is 2. The second-order valence-electron chi connectivity index (χ2n) is 5.09. The van der Waals surface area contributed by atoms with Crippen molar-refractivity contribution in [1.82, 2.24) is 5.32 Å². The first-order chi connectivity index (χ1) is 10.9. The lowest BCUT2D eigenvalue weighted by Crippen LogP contribution is -2.33. The summed E-state index contributed by atoms with van der Waals surface area (Å²) < 4.78 is 0.